The summed E-state index contributed by atoms with van der Waals surface area (Å²) in [5.41, 5.74) is 4.32. The van der Waals surface area contributed by atoms with Gasteiger partial charge in [-0.1, -0.05) is 28.1 Å². The first kappa shape index (κ1) is 23.8. The molecule has 2 amide bonds. The van der Waals surface area contributed by atoms with Crippen LogP contribution >= 0.6 is 15.9 Å². The summed E-state index contributed by atoms with van der Waals surface area (Å²) < 4.78 is 17.3. The average molecular weight is 512 g/mol. The van der Waals surface area contributed by atoms with Crippen LogP contribution in [0.4, 0.5) is 5.69 Å². The first-order chi connectivity index (χ1) is 16.0. The number of hydrogen-bond donors (Lipinski definition) is 2. The molecule has 9 heteroatoms. The first-order valence-corrected chi connectivity index (χ1v) is 10.6. The van der Waals surface area contributed by atoms with Gasteiger partial charge in [-0.15, -0.1) is 0 Å². The summed E-state index contributed by atoms with van der Waals surface area (Å²) in [5, 5.41) is 6.31. The van der Waals surface area contributed by atoms with Crippen LogP contribution in [0.1, 0.15) is 11.1 Å². The summed E-state index contributed by atoms with van der Waals surface area (Å²) in [4.78, 5) is 24.0. The van der Waals surface area contributed by atoms with Crippen molar-refractivity contribution in [2.75, 3.05) is 19.5 Å². The van der Waals surface area contributed by atoms with E-state index in [1.165, 1.54) is 13.3 Å². The average Bonchev–Trinajstić information content (AvgIpc) is 2.84. The minimum Gasteiger partial charge on any atom is -0.497 e. The molecule has 0 aliphatic rings. The van der Waals surface area contributed by atoms with Crippen molar-refractivity contribution in [2.24, 2.45) is 5.10 Å². The number of carbonyl (C=O) groups is 2. The second-order valence-corrected chi connectivity index (χ2v) is 7.62. The molecule has 0 aromatic heterocycles. The van der Waals surface area contributed by atoms with Crippen molar-refractivity contribution >= 4 is 39.6 Å². The van der Waals surface area contributed by atoms with Crippen molar-refractivity contribution in [1.82, 2.24) is 5.43 Å². The van der Waals surface area contributed by atoms with Crippen LogP contribution in [-0.4, -0.2) is 32.2 Å². The van der Waals surface area contributed by atoms with Gasteiger partial charge in [0, 0.05) is 10.2 Å². The van der Waals surface area contributed by atoms with Crippen molar-refractivity contribution in [1.29, 1.82) is 0 Å². The Labute approximate surface area is 199 Å². The fourth-order valence-electron chi connectivity index (χ4n) is 2.70. The van der Waals surface area contributed by atoms with Crippen LogP contribution in [-0.2, 0) is 16.2 Å². The summed E-state index contributed by atoms with van der Waals surface area (Å²) in [6, 6.07) is 19.6. The Morgan fingerprint density at radius 2 is 1.64 bits per heavy atom. The Kier molecular flexibility index (Phi) is 8.43. The second-order valence-electron chi connectivity index (χ2n) is 6.71. The number of amides is 2. The molecule has 0 saturated heterocycles. The minimum atomic E-state index is -0.900. The van der Waals surface area contributed by atoms with Crippen LogP contribution in [0.3, 0.4) is 0 Å². The van der Waals surface area contributed by atoms with Gasteiger partial charge in [0.15, 0.2) is 11.5 Å². The zero-order valence-corrected chi connectivity index (χ0v) is 19.6. The molecule has 0 fully saturated rings. The fourth-order valence-corrected chi connectivity index (χ4v) is 2.97. The Morgan fingerprint density at radius 3 is 2.30 bits per heavy atom. The van der Waals surface area contributed by atoms with Crippen LogP contribution < -0.4 is 25.0 Å². The Bertz CT molecular complexity index is 1130. The van der Waals surface area contributed by atoms with E-state index in [-0.39, 0.29) is 0 Å². The molecule has 3 aromatic carbocycles. The molecule has 3 aromatic rings. The molecule has 0 bridgehead atoms. The molecule has 0 heterocycles. The summed E-state index contributed by atoms with van der Waals surface area (Å²) >= 11 is 3.40. The first-order valence-electron chi connectivity index (χ1n) is 9.82. The van der Waals surface area contributed by atoms with Gasteiger partial charge < -0.3 is 19.5 Å². The van der Waals surface area contributed by atoms with Gasteiger partial charge in [-0.3, -0.25) is 9.59 Å². The van der Waals surface area contributed by atoms with Crippen molar-refractivity contribution in [3.8, 4) is 17.2 Å². The number of carbonyl (C=O) groups excluding carboxylic acids is 2. The number of rotatable bonds is 8. The zero-order valence-electron chi connectivity index (χ0n) is 18.0. The number of anilines is 1. The molecule has 8 nitrogen and oxygen atoms in total. The standard InChI is InChI=1S/C24H22BrN3O5/c1-31-20-10-8-19(9-11-20)27-23(29)24(30)28-26-14-17-5-12-21(22(13-17)32-2)33-15-16-3-6-18(25)7-4-16/h3-14H,15H2,1-2H3,(H,27,29)(H,28,30)/b26-14-. The molecular weight excluding hydrogens is 490 g/mol. The molecule has 0 aliphatic heterocycles. The molecule has 0 atom stereocenters. The number of benzene rings is 3. The Hall–Kier alpha value is -3.85. The van der Waals surface area contributed by atoms with Gasteiger partial charge in [-0.05, 0) is 65.7 Å². The van der Waals surface area contributed by atoms with E-state index in [2.05, 4.69) is 31.8 Å². The van der Waals surface area contributed by atoms with Crippen molar-refractivity contribution in [3.05, 3.63) is 82.3 Å². The SMILES string of the molecule is COc1ccc(NC(=O)C(=O)N/N=C\c2ccc(OCc3ccc(Br)cc3)c(OC)c2)cc1. The van der Waals surface area contributed by atoms with E-state index < -0.39 is 11.8 Å². The van der Waals surface area contributed by atoms with Crippen molar-refractivity contribution in [2.45, 2.75) is 6.61 Å². The van der Waals surface area contributed by atoms with Crippen LogP contribution in [0.2, 0.25) is 0 Å². The molecule has 0 radical (unpaired) electrons. The summed E-state index contributed by atoms with van der Waals surface area (Å²) in [6.07, 6.45) is 1.40. The summed E-state index contributed by atoms with van der Waals surface area (Å²) in [6.45, 7) is 0.385. The number of ether oxygens (including phenoxy) is 3. The highest BCUT2D eigenvalue weighted by molar-refractivity contribution is 9.10. The topological polar surface area (TPSA) is 98.2 Å². The van der Waals surface area contributed by atoms with Gasteiger partial charge in [-0.2, -0.15) is 5.10 Å². The maximum atomic E-state index is 12.0. The molecule has 3 rings (SSSR count). The normalized spacial score (nSPS) is 10.5. The van der Waals surface area contributed by atoms with E-state index in [1.807, 2.05) is 24.3 Å². The lowest BCUT2D eigenvalue weighted by Crippen LogP contribution is -2.32. The van der Waals surface area contributed by atoms with Crippen LogP contribution in [0, 0.1) is 0 Å². The lowest BCUT2D eigenvalue weighted by molar-refractivity contribution is -0.136. The van der Waals surface area contributed by atoms with Gasteiger partial charge in [0.05, 0.1) is 20.4 Å². The Morgan fingerprint density at radius 1 is 0.909 bits per heavy atom. The highest BCUT2D eigenvalue weighted by Gasteiger charge is 2.13. The second kappa shape index (κ2) is 11.7. The molecule has 0 spiro atoms. The lowest BCUT2D eigenvalue weighted by Gasteiger charge is -2.11. The number of methoxy groups -OCH3 is 2. The van der Waals surface area contributed by atoms with Crippen molar-refractivity contribution < 1.29 is 23.8 Å². The molecule has 2 N–H and O–H groups in total. The maximum Gasteiger partial charge on any atom is 0.329 e. The number of hydrazone groups is 1. The Balaban J connectivity index is 1.54. The van der Waals surface area contributed by atoms with Crippen LogP contribution in [0.5, 0.6) is 17.2 Å². The predicted octanol–water partition coefficient (Wildman–Crippen LogP) is 4.13. The van der Waals surface area contributed by atoms with Gasteiger partial charge in [0.2, 0.25) is 0 Å². The largest absolute Gasteiger partial charge is 0.497 e. The molecule has 33 heavy (non-hydrogen) atoms. The summed E-state index contributed by atoms with van der Waals surface area (Å²) in [5.74, 6) is -0.0163. The van der Waals surface area contributed by atoms with E-state index in [0.29, 0.717) is 35.1 Å². The maximum absolute atomic E-state index is 12.0. The number of nitrogens with one attached hydrogen (secondary N) is 2. The number of nitrogens with zero attached hydrogens (tertiary/aromatic N) is 1. The fraction of sp³-hybridized carbons (Fsp3) is 0.125. The monoisotopic (exact) mass is 511 g/mol. The van der Waals surface area contributed by atoms with E-state index >= 15 is 0 Å². The molecule has 0 saturated carbocycles. The zero-order chi connectivity index (χ0) is 23.6. The van der Waals surface area contributed by atoms with Crippen LogP contribution in [0.15, 0.2) is 76.3 Å². The smallest absolute Gasteiger partial charge is 0.329 e. The van der Waals surface area contributed by atoms with E-state index in [9.17, 15) is 9.59 Å². The third-order valence-corrected chi connectivity index (χ3v) is 4.96. The third kappa shape index (κ3) is 7.08. The lowest BCUT2D eigenvalue weighted by atomic mass is 10.2. The van der Waals surface area contributed by atoms with Crippen LogP contribution in [0.25, 0.3) is 0 Å². The predicted molar refractivity (Wildman–Crippen MR) is 129 cm³/mol. The molecule has 170 valence electrons. The number of hydrogen-bond acceptors (Lipinski definition) is 6. The molecule has 0 unspecified atom stereocenters. The quantitative estimate of drug-likeness (QED) is 0.269. The van der Waals surface area contributed by atoms with Gasteiger partial charge >= 0.3 is 11.8 Å². The van der Waals surface area contributed by atoms with E-state index in [0.717, 1.165) is 10.0 Å². The minimum absolute atomic E-state index is 0.385. The van der Waals surface area contributed by atoms with Crippen molar-refractivity contribution in [3.63, 3.8) is 0 Å². The summed E-state index contributed by atoms with van der Waals surface area (Å²) in [7, 11) is 3.08. The number of halogens is 1. The highest BCUT2D eigenvalue weighted by Crippen LogP contribution is 2.28. The highest BCUT2D eigenvalue weighted by atomic mass is 79.9. The van der Waals surface area contributed by atoms with Gasteiger partial charge in [-0.25, -0.2) is 5.43 Å². The third-order valence-electron chi connectivity index (χ3n) is 4.43. The van der Waals surface area contributed by atoms with Gasteiger partial charge in [0.1, 0.15) is 12.4 Å². The van der Waals surface area contributed by atoms with Gasteiger partial charge in [0.25, 0.3) is 0 Å². The van der Waals surface area contributed by atoms with E-state index in [1.54, 1.807) is 49.6 Å². The molecule has 0 aliphatic carbocycles. The van der Waals surface area contributed by atoms with E-state index in [4.69, 9.17) is 14.2 Å². The molecular formula is C24H22BrN3O5.